The molecule has 1 saturated carbocycles. The highest BCUT2D eigenvalue weighted by atomic mass is 32.2. The number of nitrogens with zero attached hydrogens (tertiary/aromatic N) is 1. The van der Waals surface area contributed by atoms with Crippen molar-refractivity contribution in [1.29, 1.82) is 0 Å². The average molecular weight is 416 g/mol. The van der Waals surface area contributed by atoms with Gasteiger partial charge < -0.3 is 19.1 Å². The molecule has 1 fully saturated rings. The molecule has 2 aliphatic rings. The molecule has 0 spiro atoms. The summed E-state index contributed by atoms with van der Waals surface area (Å²) in [6.07, 6.45) is 2.64. The maximum absolute atomic E-state index is 13.0. The summed E-state index contributed by atoms with van der Waals surface area (Å²) in [4.78, 5) is 25.7. The van der Waals surface area contributed by atoms with E-state index < -0.39 is 11.5 Å². The number of carbonyl (C=O) groups is 1. The van der Waals surface area contributed by atoms with Crippen molar-refractivity contribution in [2.45, 2.75) is 49.3 Å². The number of thioether (sulfide) groups is 1. The van der Waals surface area contributed by atoms with Crippen LogP contribution in [-0.4, -0.2) is 36.0 Å². The van der Waals surface area contributed by atoms with Crippen LogP contribution in [0.3, 0.4) is 0 Å². The van der Waals surface area contributed by atoms with Crippen LogP contribution in [0.25, 0.3) is 11.3 Å². The molecule has 1 aliphatic heterocycles. The molecule has 0 amide bonds. The van der Waals surface area contributed by atoms with Crippen LogP contribution in [0.4, 0.5) is 0 Å². The van der Waals surface area contributed by atoms with Crippen molar-refractivity contribution in [3.8, 4) is 17.0 Å². The third-order valence-electron chi connectivity index (χ3n) is 5.43. The van der Waals surface area contributed by atoms with Gasteiger partial charge in [-0.25, -0.2) is 4.79 Å². The summed E-state index contributed by atoms with van der Waals surface area (Å²) in [5, 5.41) is 9.58. The quantitative estimate of drug-likeness (QED) is 0.674. The molecule has 7 heteroatoms. The van der Waals surface area contributed by atoms with Gasteiger partial charge in [0.15, 0.2) is 0 Å². The molecule has 4 rings (SSSR count). The van der Waals surface area contributed by atoms with E-state index in [1.54, 1.807) is 29.5 Å². The first kappa shape index (κ1) is 20.0. The van der Waals surface area contributed by atoms with Crippen molar-refractivity contribution in [2.24, 2.45) is 0 Å². The summed E-state index contributed by atoms with van der Waals surface area (Å²) < 4.78 is 12.8. The number of benzene rings is 1. The van der Waals surface area contributed by atoms with Gasteiger partial charge in [-0.3, -0.25) is 4.79 Å². The van der Waals surface area contributed by atoms with Crippen molar-refractivity contribution in [1.82, 2.24) is 4.57 Å². The number of rotatable bonds is 7. The lowest BCUT2D eigenvalue weighted by atomic mass is 9.98. The SMILES string of the molecule is COCCCOc1cc2c(cc1C)-c1c(cc(C(=O)O)c(=O)n1C1CC1)C(C)S2. The number of ether oxygens (including phenoxy) is 2. The number of methoxy groups -OCH3 is 1. The standard InChI is InChI=1S/C22H25NO5S/c1-12-9-16-19(11-18(12)28-8-4-7-27-3)29-13(2)15-10-17(22(25)26)21(24)23(20(15)16)14-5-6-14/h9-11,13-14H,4-8H2,1-3H3,(H,25,26). The Labute approximate surface area is 173 Å². The van der Waals surface area contributed by atoms with Gasteiger partial charge in [-0.05, 0) is 56.0 Å². The summed E-state index contributed by atoms with van der Waals surface area (Å²) in [5.74, 6) is -0.323. The summed E-state index contributed by atoms with van der Waals surface area (Å²) in [5.41, 5.74) is 3.24. The van der Waals surface area contributed by atoms with Crippen molar-refractivity contribution in [3.63, 3.8) is 0 Å². The topological polar surface area (TPSA) is 77.8 Å². The van der Waals surface area contributed by atoms with Crippen LogP contribution in [0, 0.1) is 6.92 Å². The Morgan fingerprint density at radius 2 is 2.03 bits per heavy atom. The number of carboxylic acids is 1. The van der Waals surface area contributed by atoms with Gasteiger partial charge in [-0.1, -0.05) is 0 Å². The van der Waals surface area contributed by atoms with Crippen molar-refractivity contribution < 1.29 is 19.4 Å². The van der Waals surface area contributed by atoms with Crippen LogP contribution in [0.15, 0.2) is 27.9 Å². The highest BCUT2D eigenvalue weighted by molar-refractivity contribution is 7.99. The number of pyridine rings is 1. The molecule has 1 N–H and O–H groups in total. The molecule has 154 valence electrons. The van der Waals surface area contributed by atoms with E-state index in [4.69, 9.17) is 9.47 Å². The Hall–Kier alpha value is -2.25. The fourth-order valence-corrected chi connectivity index (χ4v) is 4.98. The largest absolute Gasteiger partial charge is 0.493 e. The van der Waals surface area contributed by atoms with Gasteiger partial charge >= 0.3 is 5.97 Å². The first-order valence-electron chi connectivity index (χ1n) is 9.88. The maximum atomic E-state index is 13.0. The fraction of sp³-hybridized carbons (Fsp3) is 0.455. The van der Waals surface area contributed by atoms with Gasteiger partial charge in [0.1, 0.15) is 11.3 Å². The Morgan fingerprint density at radius 3 is 2.69 bits per heavy atom. The predicted octanol–water partition coefficient (Wildman–Crippen LogP) is 4.44. The van der Waals surface area contributed by atoms with Gasteiger partial charge in [0.25, 0.3) is 5.56 Å². The minimum Gasteiger partial charge on any atom is -0.493 e. The average Bonchev–Trinajstić information content (AvgIpc) is 3.50. The van der Waals surface area contributed by atoms with E-state index in [9.17, 15) is 14.7 Å². The number of aromatic nitrogens is 1. The molecule has 0 bridgehead atoms. The molecular formula is C22H25NO5S. The first-order valence-corrected chi connectivity index (χ1v) is 10.8. The van der Waals surface area contributed by atoms with E-state index in [1.165, 1.54) is 0 Å². The lowest BCUT2D eigenvalue weighted by molar-refractivity contribution is 0.0694. The van der Waals surface area contributed by atoms with Crippen molar-refractivity contribution >= 4 is 17.7 Å². The molecule has 0 saturated heterocycles. The van der Waals surface area contributed by atoms with Crippen LogP contribution < -0.4 is 10.3 Å². The van der Waals surface area contributed by atoms with E-state index >= 15 is 0 Å². The smallest absolute Gasteiger partial charge is 0.341 e. The molecule has 1 aromatic carbocycles. The molecule has 1 atom stereocenters. The van der Waals surface area contributed by atoms with E-state index in [2.05, 4.69) is 13.0 Å². The minimum atomic E-state index is -1.16. The number of hydrogen-bond donors (Lipinski definition) is 1. The molecule has 2 heterocycles. The van der Waals surface area contributed by atoms with Crippen molar-refractivity contribution in [2.75, 3.05) is 20.3 Å². The highest BCUT2D eigenvalue weighted by Gasteiger charge is 2.35. The minimum absolute atomic E-state index is 0.0465. The van der Waals surface area contributed by atoms with E-state index in [0.717, 1.165) is 52.3 Å². The summed E-state index contributed by atoms with van der Waals surface area (Å²) >= 11 is 1.68. The normalized spacial score (nSPS) is 17.6. The lowest BCUT2D eigenvalue weighted by Crippen LogP contribution is -2.29. The van der Waals surface area contributed by atoms with Crippen LogP contribution in [0.5, 0.6) is 5.75 Å². The highest BCUT2D eigenvalue weighted by Crippen LogP contribution is 2.52. The second-order valence-corrected chi connectivity index (χ2v) is 9.02. The number of aromatic carboxylic acids is 1. The van der Waals surface area contributed by atoms with Crippen LogP contribution >= 0.6 is 11.8 Å². The summed E-state index contributed by atoms with van der Waals surface area (Å²) in [7, 11) is 1.68. The van der Waals surface area contributed by atoms with Crippen LogP contribution in [0.2, 0.25) is 0 Å². The molecule has 29 heavy (non-hydrogen) atoms. The Morgan fingerprint density at radius 1 is 1.28 bits per heavy atom. The summed E-state index contributed by atoms with van der Waals surface area (Å²) in [6.45, 7) is 5.29. The van der Waals surface area contributed by atoms with Gasteiger partial charge in [0, 0.05) is 41.9 Å². The molecule has 1 aliphatic carbocycles. The zero-order valence-electron chi connectivity index (χ0n) is 16.9. The third-order valence-corrected chi connectivity index (χ3v) is 6.63. The summed E-state index contributed by atoms with van der Waals surface area (Å²) in [6, 6.07) is 5.78. The number of aryl methyl sites for hydroxylation is 1. The zero-order chi connectivity index (χ0) is 20.7. The Bertz CT molecular complexity index is 1020. The molecule has 2 aromatic rings. The fourth-order valence-electron chi connectivity index (χ4n) is 3.83. The Balaban J connectivity index is 1.83. The number of fused-ring (bicyclic) bond motifs is 3. The second kappa shape index (κ2) is 7.88. The Kier molecular flexibility index (Phi) is 5.44. The molecule has 6 nitrogen and oxygen atoms in total. The molecule has 0 radical (unpaired) electrons. The van der Waals surface area contributed by atoms with Gasteiger partial charge in [-0.15, -0.1) is 11.8 Å². The lowest BCUT2D eigenvalue weighted by Gasteiger charge is -2.29. The van der Waals surface area contributed by atoms with E-state index in [1.807, 2.05) is 13.0 Å². The molecule has 1 aromatic heterocycles. The van der Waals surface area contributed by atoms with Gasteiger partial charge in [0.2, 0.25) is 0 Å². The predicted molar refractivity (Wildman–Crippen MR) is 112 cm³/mol. The monoisotopic (exact) mass is 415 g/mol. The van der Waals surface area contributed by atoms with Crippen LogP contribution in [0.1, 0.15) is 59.0 Å². The molecule has 1 unspecified atom stereocenters. The van der Waals surface area contributed by atoms with Gasteiger partial charge in [0.05, 0.1) is 12.3 Å². The molecular weight excluding hydrogens is 390 g/mol. The van der Waals surface area contributed by atoms with E-state index in [-0.39, 0.29) is 16.9 Å². The van der Waals surface area contributed by atoms with Gasteiger partial charge in [-0.2, -0.15) is 0 Å². The zero-order valence-corrected chi connectivity index (χ0v) is 17.7. The number of carboxylic acid groups (broad SMARTS) is 1. The second-order valence-electron chi connectivity index (χ2n) is 7.64. The first-order chi connectivity index (χ1) is 13.9. The third kappa shape index (κ3) is 3.69. The maximum Gasteiger partial charge on any atom is 0.341 e. The number of hydrogen-bond acceptors (Lipinski definition) is 5. The van der Waals surface area contributed by atoms with Crippen LogP contribution in [-0.2, 0) is 4.74 Å². The van der Waals surface area contributed by atoms with Crippen molar-refractivity contribution in [3.05, 3.63) is 45.2 Å². The van der Waals surface area contributed by atoms with E-state index in [0.29, 0.717) is 13.2 Å².